The smallest absolute Gasteiger partial charge is 0.0853 e. The van der Waals surface area contributed by atoms with Crippen LogP contribution in [0.4, 0.5) is 0 Å². The summed E-state index contributed by atoms with van der Waals surface area (Å²) in [6, 6.07) is 7.48. The lowest BCUT2D eigenvalue weighted by Gasteiger charge is -2.12. The van der Waals surface area contributed by atoms with Gasteiger partial charge in [-0.15, -0.1) is 11.3 Å². The number of hydrogen-bond acceptors (Lipinski definition) is 2. The second-order valence-corrected chi connectivity index (χ2v) is 6.76. The highest BCUT2D eigenvalue weighted by Gasteiger charge is 2.15. The molecule has 2 rings (SSSR count). The van der Waals surface area contributed by atoms with Crippen LogP contribution in [0.15, 0.2) is 38.6 Å². The van der Waals surface area contributed by atoms with E-state index < -0.39 is 6.10 Å². The monoisotopic (exact) mass is 394 g/mol. The average molecular weight is 397 g/mol. The molecule has 1 aromatic heterocycles. The van der Waals surface area contributed by atoms with Crippen molar-refractivity contribution in [3.05, 3.63) is 54.1 Å². The summed E-state index contributed by atoms with van der Waals surface area (Å²) in [7, 11) is 0. The standard InChI is InChI=1S/C12H9Br2ClOS/c13-7-1-2-10(15)8(5-7)11(16)6-12-9(14)3-4-17-12/h1-5,11,16H,6H2. The second kappa shape index (κ2) is 5.85. The molecular formula is C12H9Br2ClOS. The van der Waals surface area contributed by atoms with Crippen molar-refractivity contribution >= 4 is 54.8 Å². The molecule has 5 heteroatoms. The van der Waals surface area contributed by atoms with Crippen LogP contribution in [0.1, 0.15) is 16.5 Å². The molecule has 0 fully saturated rings. The van der Waals surface area contributed by atoms with Crippen molar-refractivity contribution in [2.45, 2.75) is 12.5 Å². The maximum absolute atomic E-state index is 10.2. The number of hydrogen-bond donors (Lipinski definition) is 1. The molecule has 0 bridgehead atoms. The van der Waals surface area contributed by atoms with Crippen molar-refractivity contribution < 1.29 is 5.11 Å². The molecule has 0 saturated heterocycles. The van der Waals surface area contributed by atoms with Crippen LogP contribution < -0.4 is 0 Å². The molecule has 0 spiro atoms. The quantitative estimate of drug-likeness (QED) is 0.756. The minimum absolute atomic E-state index is 0.564. The van der Waals surface area contributed by atoms with Gasteiger partial charge in [0.25, 0.3) is 0 Å². The van der Waals surface area contributed by atoms with E-state index >= 15 is 0 Å². The Morgan fingerprint density at radius 3 is 2.71 bits per heavy atom. The summed E-state index contributed by atoms with van der Waals surface area (Å²) in [5.74, 6) is 0. The fraction of sp³-hybridized carbons (Fsp3) is 0.167. The summed E-state index contributed by atoms with van der Waals surface area (Å²) in [6.45, 7) is 0. The minimum atomic E-state index is -0.588. The Morgan fingerprint density at radius 1 is 1.29 bits per heavy atom. The largest absolute Gasteiger partial charge is 0.388 e. The first-order valence-electron chi connectivity index (χ1n) is 4.93. The van der Waals surface area contributed by atoms with Gasteiger partial charge in [-0.05, 0) is 45.6 Å². The summed E-state index contributed by atoms with van der Waals surface area (Å²) < 4.78 is 1.95. The van der Waals surface area contributed by atoms with E-state index in [0.717, 1.165) is 19.4 Å². The van der Waals surface area contributed by atoms with E-state index in [0.29, 0.717) is 11.4 Å². The lowest BCUT2D eigenvalue weighted by atomic mass is 10.1. The Kier molecular flexibility index (Phi) is 4.66. The maximum atomic E-state index is 10.2. The van der Waals surface area contributed by atoms with Crippen molar-refractivity contribution in [3.63, 3.8) is 0 Å². The summed E-state index contributed by atoms with van der Waals surface area (Å²) in [6.07, 6.45) is -0.0241. The Hall–Kier alpha value is 0.130. The normalized spacial score (nSPS) is 12.7. The molecule has 1 unspecified atom stereocenters. The van der Waals surface area contributed by atoms with Gasteiger partial charge in [-0.2, -0.15) is 0 Å². The third-order valence-corrected chi connectivity index (χ3v) is 5.17. The molecule has 2 aromatic rings. The van der Waals surface area contributed by atoms with Crippen LogP contribution in [0.3, 0.4) is 0 Å². The molecular weight excluding hydrogens is 387 g/mol. The second-order valence-electron chi connectivity index (χ2n) is 3.58. The van der Waals surface area contributed by atoms with E-state index in [1.54, 1.807) is 17.4 Å². The van der Waals surface area contributed by atoms with Gasteiger partial charge in [0.15, 0.2) is 0 Å². The van der Waals surface area contributed by atoms with E-state index in [2.05, 4.69) is 31.9 Å². The Balaban J connectivity index is 2.23. The number of halogens is 3. The van der Waals surface area contributed by atoms with Crippen LogP contribution in [0.2, 0.25) is 5.02 Å². The molecule has 17 heavy (non-hydrogen) atoms. The fourth-order valence-electron chi connectivity index (χ4n) is 1.53. The van der Waals surface area contributed by atoms with Gasteiger partial charge in [-0.3, -0.25) is 0 Å². The van der Waals surface area contributed by atoms with Gasteiger partial charge in [0, 0.05) is 30.8 Å². The van der Waals surface area contributed by atoms with Gasteiger partial charge in [0.2, 0.25) is 0 Å². The zero-order valence-electron chi connectivity index (χ0n) is 8.66. The molecule has 0 saturated carbocycles. The van der Waals surface area contributed by atoms with E-state index in [1.807, 2.05) is 23.6 Å². The molecule has 0 aliphatic heterocycles. The topological polar surface area (TPSA) is 20.2 Å². The molecule has 1 atom stereocenters. The highest BCUT2D eigenvalue weighted by atomic mass is 79.9. The predicted molar refractivity (Wildman–Crippen MR) is 79.8 cm³/mol. The van der Waals surface area contributed by atoms with Gasteiger partial charge < -0.3 is 5.11 Å². The van der Waals surface area contributed by atoms with Crippen molar-refractivity contribution in [1.82, 2.24) is 0 Å². The van der Waals surface area contributed by atoms with Gasteiger partial charge in [-0.1, -0.05) is 27.5 Å². The molecule has 1 N–H and O–H groups in total. The molecule has 0 radical (unpaired) electrons. The van der Waals surface area contributed by atoms with Crippen LogP contribution in [0.5, 0.6) is 0 Å². The van der Waals surface area contributed by atoms with Gasteiger partial charge >= 0.3 is 0 Å². The highest BCUT2D eigenvalue weighted by molar-refractivity contribution is 9.10. The van der Waals surface area contributed by atoms with Gasteiger partial charge in [-0.25, -0.2) is 0 Å². The Bertz CT molecular complexity index is 527. The molecule has 90 valence electrons. The van der Waals surface area contributed by atoms with Crippen molar-refractivity contribution in [3.8, 4) is 0 Å². The first-order valence-corrected chi connectivity index (χ1v) is 7.77. The summed E-state index contributed by atoms with van der Waals surface area (Å²) in [5, 5.41) is 12.8. The number of rotatable bonds is 3. The van der Waals surface area contributed by atoms with Crippen LogP contribution in [-0.2, 0) is 6.42 Å². The maximum Gasteiger partial charge on any atom is 0.0853 e. The van der Waals surface area contributed by atoms with Crippen LogP contribution in [-0.4, -0.2) is 5.11 Å². The molecule has 1 heterocycles. The van der Waals surface area contributed by atoms with Crippen molar-refractivity contribution in [2.75, 3.05) is 0 Å². The average Bonchev–Trinajstić information content (AvgIpc) is 2.68. The zero-order valence-corrected chi connectivity index (χ0v) is 13.4. The molecule has 0 aliphatic carbocycles. The van der Waals surface area contributed by atoms with Gasteiger partial charge in [0.1, 0.15) is 0 Å². The molecule has 1 aromatic carbocycles. The summed E-state index contributed by atoms with van der Waals surface area (Å²) >= 11 is 14.5. The summed E-state index contributed by atoms with van der Waals surface area (Å²) in [4.78, 5) is 1.12. The molecule has 1 nitrogen and oxygen atoms in total. The highest BCUT2D eigenvalue weighted by Crippen LogP contribution is 2.32. The Labute approximate surface area is 126 Å². The lowest BCUT2D eigenvalue weighted by molar-refractivity contribution is 0.179. The van der Waals surface area contributed by atoms with Crippen LogP contribution >= 0.6 is 54.8 Å². The molecule has 0 amide bonds. The lowest BCUT2D eigenvalue weighted by Crippen LogP contribution is -2.01. The van der Waals surface area contributed by atoms with Crippen LogP contribution in [0.25, 0.3) is 0 Å². The van der Waals surface area contributed by atoms with E-state index in [9.17, 15) is 5.11 Å². The van der Waals surface area contributed by atoms with E-state index in [4.69, 9.17) is 11.6 Å². The summed E-state index contributed by atoms with van der Waals surface area (Å²) in [5.41, 5.74) is 0.751. The minimum Gasteiger partial charge on any atom is -0.388 e. The molecule has 0 aliphatic rings. The predicted octanol–water partition coefficient (Wildman–Crippen LogP) is 5.20. The van der Waals surface area contributed by atoms with E-state index in [1.165, 1.54) is 0 Å². The van der Waals surface area contributed by atoms with E-state index in [-0.39, 0.29) is 0 Å². The fourth-order valence-corrected chi connectivity index (χ4v) is 3.70. The number of benzene rings is 1. The zero-order chi connectivity index (χ0) is 12.4. The first-order chi connectivity index (χ1) is 8.08. The number of aliphatic hydroxyl groups excluding tert-OH is 1. The first kappa shape index (κ1) is 13.6. The number of aliphatic hydroxyl groups is 1. The van der Waals surface area contributed by atoms with Crippen LogP contribution in [0, 0.1) is 0 Å². The Morgan fingerprint density at radius 2 is 2.06 bits per heavy atom. The number of thiophene rings is 1. The third kappa shape index (κ3) is 3.32. The van der Waals surface area contributed by atoms with Gasteiger partial charge in [0.05, 0.1) is 6.10 Å². The SMILES string of the molecule is OC(Cc1sccc1Br)c1cc(Br)ccc1Cl. The third-order valence-electron chi connectivity index (χ3n) is 2.39. The van der Waals surface area contributed by atoms with Crippen molar-refractivity contribution in [2.24, 2.45) is 0 Å². The van der Waals surface area contributed by atoms with Crippen molar-refractivity contribution in [1.29, 1.82) is 0 Å².